The Balaban J connectivity index is 1.47. The second-order valence-corrected chi connectivity index (χ2v) is 7.58. The second-order valence-electron chi connectivity index (χ2n) is 7.58. The molecular formula is C23H25FN4O2. The molecule has 1 aliphatic rings. The van der Waals surface area contributed by atoms with Crippen molar-refractivity contribution in [1.82, 2.24) is 19.9 Å². The molecule has 0 saturated heterocycles. The van der Waals surface area contributed by atoms with Gasteiger partial charge in [-0.05, 0) is 69.0 Å². The highest BCUT2D eigenvalue weighted by molar-refractivity contribution is 5.98. The lowest BCUT2D eigenvalue weighted by molar-refractivity contribution is 0.0565. The van der Waals surface area contributed by atoms with Crippen LogP contribution in [0.15, 0.2) is 54.9 Å². The zero-order valence-electron chi connectivity index (χ0n) is 17.0. The Bertz CT molecular complexity index is 985. The minimum Gasteiger partial charge on any atom is -0.494 e. The first kappa shape index (κ1) is 20.1. The molecule has 3 aromatic rings. The van der Waals surface area contributed by atoms with Gasteiger partial charge >= 0.3 is 0 Å². The lowest BCUT2D eigenvalue weighted by Gasteiger charge is -2.38. The van der Waals surface area contributed by atoms with Gasteiger partial charge in [-0.15, -0.1) is 0 Å². The molecule has 1 heterocycles. The van der Waals surface area contributed by atoms with Crippen molar-refractivity contribution in [3.63, 3.8) is 0 Å². The van der Waals surface area contributed by atoms with Crippen molar-refractivity contribution in [2.75, 3.05) is 13.2 Å². The Labute approximate surface area is 175 Å². The number of aromatic nitrogens is 3. The van der Waals surface area contributed by atoms with Gasteiger partial charge in [0, 0.05) is 12.6 Å². The third-order valence-corrected chi connectivity index (χ3v) is 5.42. The molecule has 1 amide bonds. The number of benzene rings is 2. The Morgan fingerprint density at radius 1 is 1.17 bits per heavy atom. The number of rotatable bonds is 8. The van der Waals surface area contributed by atoms with Crippen molar-refractivity contribution in [1.29, 1.82) is 0 Å². The highest BCUT2D eigenvalue weighted by Gasteiger charge is 2.30. The van der Waals surface area contributed by atoms with Crippen molar-refractivity contribution >= 4 is 5.91 Å². The summed E-state index contributed by atoms with van der Waals surface area (Å²) in [4.78, 5) is 17.0. The summed E-state index contributed by atoms with van der Waals surface area (Å²) in [5, 5.41) is 8.40. The molecule has 0 unspecified atom stereocenters. The van der Waals surface area contributed by atoms with Gasteiger partial charge in [0.15, 0.2) is 0 Å². The van der Waals surface area contributed by atoms with E-state index in [1.807, 2.05) is 30.0 Å². The van der Waals surface area contributed by atoms with Crippen molar-refractivity contribution < 1.29 is 13.9 Å². The van der Waals surface area contributed by atoms with E-state index in [1.165, 1.54) is 16.9 Å². The van der Waals surface area contributed by atoms with Crippen molar-refractivity contribution in [3.8, 4) is 11.4 Å². The third kappa shape index (κ3) is 4.50. The third-order valence-electron chi connectivity index (χ3n) is 5.42. The molecule has 1 aromatic heterocycles. The average Bonchev–Trinajstić information content (AvgIpc) is 3.24. The standard InChI is InChI=1S/C23H25FN4O2/c1-17-6-11-22(28-25-12-13-26-28)21(16-17)23(29)27(19-4-2-5-19)14-3-15-30-20-9-7-18(24)8-10-20/h6-13,16,19H,2-5,14-15H2,1H3. The molecule has 0 bridgehead atoms. The lowest BCUT2D eigenvalue weighted by Crippen LogP contribution is -2.45. The smallest absolute Gasteiger partial charge is 0.256 e. The maximum atomic E-state index is 13.5. The fourth-order valence-electron chi connectivity index (χ4n) is 3.59. The summed E-state index contributed by atoms with van der Waals surface area (Å²) in [6, 6.07) is 12.0. The molecule has 30 heavy (non-hydrogen) atoms. The summed E-state index contributed by atoms with van der Waals surface area (Å²) in [5.74, 6) is 0.339. The number of amides is 1. The summed E-state index contributed by atoms with van der Waals surface area (Å²) in [5.41, 5.74) is 2.31. The molecule has 1 fully saturated rings. The summed E-state index contributed by atoms with van der Waals surface area (Å²) in [6.45, 7) is 3.04. The van der Waals surface area contributed by atoms with Crippen LogP contribution in [-0.4, -0.2) is 45.0 Å². The number of carbonyl (C=O) groups is 1. The van der Waals surface area contributed by atoms with Crippen molar-refractivity contribution in [3.05, 3.63) is 71.8 Å². The molecule has 4 rings (SSSR count). The van der Waals surface area contributed by atoms with Crippen LogP contribution in [0, 0.1) is 12.7 Å². The van der Waals surface area contributed by atoms with Crippen LogP contribution in [0.4, 0.5) is 4.39 Å². The molecule has 1 aliphatic carbocycles. The SMILES string of the molecule is Cc1ccc(-n2nccn2)c(C(=O)N(CCCOc2ccc(F)cc2)C2CCC2)c1. The summed E-state index contributed by atoms with van der Waals surface area (Å²) < 4.78 is 18.7. The predicted octanol–water partition coefficient (Wildman–Crippen LogP) is 4.18. The van der Waals surface area contributed by atoms with Crippen LogP contribution in [0.3, 0.4) is 0 Å². The number of carbonyl (C=O) groups excluding carboxylic acids is 1. The number of aryl methyl sites for hydroxylation is 1. The first-order valence-corrected chi connectivity index (χ1v) is 10.3. The van der Waals surface area contributed by atoms with Gasteiger partial charge in [0.05, 0.1) is 30.3 Å². The fourth-order valence-corrected chi connectivity index (χ4v) is 3.59. The van der Waals surface area contributed by atoms with Gasteiger partial charge in [-0.3, -0.25) is 4.79 Å². The molecular weight excluding hydrogens is 383 g/mol. The van der Waals surface area contributed by atoms with E-state index < -0.39 is 0 Å². The van der Waals surface area contributed by atoms with Crippen LogP contribution in [0.25, 0.3) is 5.69 Å². The van der Waals surface area contributed by atoms with Crippen LogP contribution in [0.5, 0.6) is 5.75 Å². The van der Waals surface area contributed by atoms with E-state index in [1.54, 1.807) is 24.5 Å². The van der Waals surface area contributed by atoms with Gasteiger partial charge in [0.1, 0.15) is 11.6 Å². The molecule has 0 radical (unpaired) electrons. The van der Waals surface area contributed by atoms with E-state index in [4.69, 9.17) is 4.74 Å². The maximum absolute atomic E-state index is 13.5. The van der Waals surface area contributed by atoms with E-state index in [0.717, 1.165) is 24.8 Å². The Morgan fingerprint density at radius 3 is 2.57 bits per heavy atom. The molecule has 7 heteroatoms. The number of nitrogens with zero attached hydrogens (tertiary/aromatic N) is 4. The molecule has 1 saturated carbocycles. The lowest BCUT2D eigenvalue weighted by atomic mass is 9.90. The average molecular weight is 408 g/mol. The normalized spacial score (nSPS) is 13.7. The van der Waals surface area contributed by atoms with Crippen LogP contribution < -0.4 is 4.74 Å². The Kier molecular flexibility index (Phi) is 6.07. The Hall–Kier alpha value is -3.22. The number of hydrogen-bond acceptors (Lipinski definition) is 4. The zero-order valence-corrected chi connectivity index (χ0v) is 17.0. The summed E-state index contributed by atoms with van der Waals surface area (Å²) in [6.07, 6.45) is 7.08. The molecule has 0 spiro atoms. The van der Waals surface area contributed by atoms with Gasteiger partial charge in [-0.2, -0.15) is 15.0 Å². The maximum Gasteiger partial charge on any atom is 0.256 e. The second kappa shape index (κ2) is 9.07. The zero-order chi connectivity index (χ0) is 20.9. The molecule has 2 aromatic carbocycles. The summed E-state index contributed by atoms with van der Waals surface area (Å²) in [7, 11) is 0. The van der Waals surface area contributed by atoms with Gasteiger partial charge < -0.3 is 9.64 Å². The molecule has 0 aliphatic heterocycles. The fraction of sp³-hybridized carbons (Fsp3) is 0.348. The highest BCUT2D eigenvalue weighted by atomic mass is 19.1. The molecule has 156 valence electrons. The highest BCUT2D eigenvalue weighted by Crippen LogP contribution is 2.28. The van der Waals surface area contributed by atoms with Gasteiger partial charge in [-0.25, -0.2) is 4.39 Å². The van der Waals surface area contributed by atoms with E-state index in [0.29, 0.717) is 36.6 Å². The molecule has 0 N–H and O–H groups in total. The van der Waals surface area contributed by atoms with Crippen LogP contribution in [-0.2, 0) is 0 Å². The monoisotopic (exact) mass is 408 g/mol. The minimum atomic E-state index is -0.287. The van der Waals surface area contributed by atoms with E-state index in [2.05, 4.69) is 10.2 Å². The van der Waals surface area contributed by atoms with E-state index in [-0.39, 0.29) is 17.8 Å². The van der Waals surface area contributed by atoms with Crippen LogP contribution in [0.2, 0.25) is 0 Å². The number of halogens is 1. The predicted molar refractivity (Wildman–Crippen MR) is 111 cm³/mol. The summed E-state index contributed by atoms with van der Waals surface area (Å²) >= 11 is 0. The number of hydrogen-bond donors (Lipinski definition) is 0. The van der Waals surface area contributed by atoms with Gasteiger partial charge in [-0.1, -0.05) is 11.6 Å². The van der Waals surface area contributed by atoms with E-state index in [9.17, 15) is 9.18 Å². The Morgan fingerprint density at radius 2 is 1.90 bits per heavy atom. The van der Waals surface area contributed by atoms with E-state index >= 15 is 0 Å². The van der Waals surface area contributed by atoms with Crippen LogP contribution in [0.1, 0.15) is 41.6 Å². The van der Waals surface area contributed by atoms with Crippen LogP contribution >= 0.6 is 0 Å². The molecule has 6 nitrogen and oxygen atoms in total. The van der Waals surface area contributed by atoms with Crippen molar-refractivity contribution in [2.24, 2.45) is 0 Å². The van der Waals surface area contributed by atoms with Crippen molar-refractivity contribution in [2.45, 2.75) is 38.6 Å². The first-order valence-electron chi connectivity index (χ1n) is 10.3. The van der Waals surface area contributed by atoms with Gasteiger partial charge in [0.25, 0.3) is 5.91 Å². The topological polar surface area (TPSA) is 60.2 Å². The largest absolute Gasteiger partial charge is 0.494 e. The van der Waals surface area contributed by atoms with Gasteiger partial charge in [0.2, 0.25) is 0 Å². The quantitative estimate of drug-likeness (QED) is 0.525. The minimum absolute atomic E-state index is 0.00233. The molecule has 0 atom stereocenters. The first-order chi connectivity index (χ1) is 14.6. The number of ether oxygens (including phenoxy) is 1.